The lowest BCUT2D eigenvalue weighted by molar-refractivity contribution is -0.123. The summed E-state index contributed by atoms with van der Waals surface area (Å²) in [6, 6.07) is 5.55. The summed E-state index contributed by atoms with van der Waals surface area (Å²) in [6.45, 7) is 3.01. The van der Waals surface area contributed by atoms with Gasteiger partial charge in [0.1, 0.15) is 5.71 Å². The number of amides is 1. The van der Waals surface area contributed by atoms with Crippen molar-refractivity contribution in [3.8, 4) is 0 Å². The lowest BCUT2D eigenvalue weighted by Crippen LogP contribution is -2.39. The normalized spacial score (nSPS) is 22.7. The Bertz CT molecular complexity index is 812. The largest absolute Gasteiger partial charge is 0.387 e. The molecule has 0 N–H and O–H groups in total. The lowest BCUT2D eigenvalue weighted by Gasteiger charge is -2.22. The Balaban J connectivity index is 1.58. The van der Waals surface area contributed by atoms with Gasteiger partial charge in [-0.2, -0.15) is 4.31 Å². The van der Waals surface area contributed by atoms with E-state index in [1.807, 2.05) is 25.1 Å². The average Bonchev–Trinajstić information content (AvgIpc) is 3.28. The maximum atomic E-state index is 12.7. The van der Waals surface area contributed by atoms with E-state index in [2.05, 4.69) is 10.1 Å². The van der Waals surface area contributed by atoms with Gasteiger partial charge in [-0.3, -0.25) is 9.78 Å². The van der Waals surface area contributed by atoms with Crippen molar-refractivity contribution in [2.75, 3.05) is 25.9 Å². The molecule has 0 aromatic carbocycles. The van der Waals surface area contributed by atoms with Crippen molar-refractivity contribution in [1.29, 1.82) is 0 Å². The van der Waals surface area contributed by atoms with E-state index >= 15 is 0 Å². The molecule has 1 saturated heterocycles. The molecule has 0 unspecified atom stereocenters. The van der Waals surface area contributed by atoms with Crippen molar-refractivity contribution in [3.63, 3.8) is 0 Å². The molecule has 0 aliphatic carbocycles. The SMILES string of the molecule is CCCCS(=O)(=O)N1CC[C@@]2(CC(C(=O)N(C)Cc3ccccn3)=NO2)C1. The van der Waals surface area contributed by atoms with Gasteiger partial charge in [-0.15, -0.1) is 0 Å². The summed E-state index contributed by atoms with van der Waals surface area (Å²) in [5.41, 5.74) is 0.411. The molecule has 3 heterocycles. The maximum absolute atomic E-state index is 12.7. The zero-order chi connectivity index (χ0) is 19.5. The number of hydrogen-bond donors (Lipinski definition) is 0. The molecule has 9 heteroatoms. The molecule has 1 atom stereocenters. The predicted octanol–water partition coefficient (Wildman–Crippen LogP) is 1.39. The average molecular weight is 394 g/mol. The van der Waals surface area contributed by atoms with E-state index < -0.39 is 15.6 Å². The van der Waals surface area contributed by atoms with Crippen LogP contribution in [0.3, 0.4) is 0 Å². The van der Waals surface area contributed by atoms with Crippen molar-refractivity contribution >= 4 is 21.6 Å². The summed E-state index contributed by atoms with van der Waals surface area (Å²) in [6.07, 6.45) is 4.04. The number of aromatic nitrogens is 1. The quantitative estimate of drug-likeness (QED) is 0.697. The fourth-order valence-electron chi connectivity index (χ4n) is 3.38. The number of carbonyl (C=O) groups excluding carboxylic acids is 1. The Hall–Kier alpha value is -2.00. The molecule has 1 aromatic rings. The number of hydrogen-bond acceptors (Lipinski definition) is 6. The van der Waals surface area contributed by atoms with Crippen molar-refractivity contribution < 1.29 is 18.0 Å². The van der Waals surface area contributed by atoms with Crippen molar-refractivity contribution in [2.45, 2.75) is 44.8 Å². The molecule has 27 heavy (non-hydrogen) atoms. The standard InChI is InChI=1S/C18H26N4O4S/c1-3-4-11-27(24,25)22-10-8-18(14-22)12-16(20-26-18)17(23)21(2)13-15-7-5-6-9-19-15/h5-7,9H,3-4,8,10-14H2,1-2H3/t18-/m1/s1. The lowest BCUT2D eigenvalue weighted by atomic mass is 9.96. The first-order chi connectivity index (χ1) is 12.9. The third-order valence-corrected chi connectivity index (χ3v) is 6.89. The molecule has 2 aliphatic heterocycles. The van der Waals surface area contributed by atoms with Gasteiger partial charge < -0.3 is 9.74 Å². The summed E-state index contributed by atoms with van der Waals surface area (Å²) < 4.78 is 26.3. The molecule has 1 fully saturated rings. The minimum atomic E-state index is -3.28. The molecule has 0 bridgehead atoms. The molecule has 3 rings (SSSR count). The summed E-state index contributed by atoms with van der Waals surface area (Å²) >= 11 is 0. The molecule has 1 spiro atoms. The van der Waals surface area contributed by atoms with Crippen molar-refractivity contribution in [1.82, 2.24) is 14.2 Å². The molecule has 0 saturated carbocycles. The van der Waals surface area contributed by atoms with Crippen LogP contribution in [-0.4, -0.2) is 65.7 Å². The number of unbranched alkanes of at least 4 members (excludes halogenated alkanes) is 1. The third kappa shape index (κ3) is 4.47. The Labute approximate surface area is 160 Å². The number of carbonyl (C=O) groups is 1. The van der Waals surface area contributed by atoms with Crippen LogP contribution in [0.25, 0.3) is 0 Å². The Morgan fingerprint density at radius 1 is 1.41 bits per heavy atom. The van der Waals surface area contributed by atoms with Crippen LogP contribution < -0.4 is 0 Å². The summed E-state index contributed by atoms with van der Waals surface area (Å²) in [4.78, 5) is 24.0. The zero-order valence-corrected chi connectivity index (χ0v) is 16.6. The number of nitrogens with zero attached hydrogens (tertiary/aromatic N) is 4. The van der Waals surface area contributed by atoms with Gasteiger partial charge in [-0.25, -0.2) is 8.42 Å². The molecule has 148 valence electrons. The van der Waals surface area contributed by atoms with Crippen LogP contribution >= 0.6 is 0 Å². The second-order valence-electron chi connectivity index (χ2n) is 7.22. The molecule has 1 amide bonds. The van der Waals surface area contributed by atoms with E-state index in [1.54, 1.807) is 18.1 Å². The number of pyridine rings is 1. The minimum Gasteiger partial charge on any atom is -0.387 e. The van der Waals surface area contributed by atoms with Crippen molar-refractivity contribution in [3.05, 3.63) is 30.1 Å². The second-order valence-corrected chi connectivity index (χ2v) is 9.31. The smallest absolute Gasteiger partial charge is 0.271 e. The highest BCUT2D eigenvalue weighted by Gasteiger charge is 2.49. The predicted molar refractivity (Wildman–Crippen MR) is 101 cm³/mol. The van der Waals surface area contributed by atoms with E-state index in [0.29, 0.717) is 38.1 Å². The number of rotatable bonds is 7. The Morgan fingerprint density at radius 2 is 2.22 bits per heavy atom. The van der Waals surface area contributed by atoms with Crippen LogP contribution in [0.2, 0.25) is 0 Å². The molecular formula is C18H26N4O4S. The molecular weight excluding hydrogens is 368 g/mol. The maximum Gasteiger partial charge on any atom is 0.271 e. The number of oxime groups is 1. The zero-order valence-electron chi connectivity index (χ0n) is 15.8. The van der Waals surface area contributed by atoms with Crippen LogP contribution in [0.4, 0.5) is 0 Å². The summed E-state index contributed by atoms with van der Waals surface area (Å²) in [5.74, 6) is -0.0659. The van der Waals surface area contributed by atoms with Gasteiger partial charge in [0.25, 0.3) is 5.91 Å². The van der Waals surface area contributed by atoms with E-state index in [4.69, 9.17) is 4.84 Å². The van der Waals surface area contributed by atoms with Crippen molar-refractivity contribution in [2.24, 2.45) is 5.16 Å². The van der Waals surface area contributed by atoms with Gasteiger partial charge in [0, 0.05) is 32.6 Å². The van der Waals surface area contributed by atoms with Crippen LogP contribution in [0.1, 0.15) is 38.3 Å². The van der Waals surface area contributed by atoms with E-state index in [0.717, 1.165) is 12.1 Å². The first kappa shape index (κ1) is 19.8. The van der Waals surface area contributed by atoms with Gasteiger partial charge in [-0.05, 0) is 18.6 Å². The van der Waals surface area contributed by atoms with Crippen LogP contribution in [-0.2, 0) is 26.2 Å². The Morgan fingerprint density at radius 3 is 2.93 bits per heavy atom. The monoisotopic (exact) mass is 394 g/mol. The summed E-state index contributed by atoms with van der Waals surface area (Å²) in [5, 5.41) is 4.00. The second kappa shape index (κ2) is 7.93. The van der Waals surface area contributed by atoms with Crippen LogP contribution in [0, 0.1) is 0 Å². The fraction of sp³-hybridized carbons (Fsp3) is 0.611. The molecule has 1 aromatic heterocycles. The fourth-order valence-corrected chi connectivity index (χ4v) is 5.10. The third-order valence-electron chi connectivity index (χ3n) is 4.99. The van der Waals surface area contributed by atoms with Gasteiger partial charge in [0.05, 0.1) is 24.5 Å². The highest BCUT2D eigenvalue weighted by molar-refractivity contribution is 7.89. The minimum absolute atomic E-state index is 0.152. The van der Waals surface area contributed by atoms with E-state index in [1.165, 1.54) is 4.31 Å². The van der Waals surface area contributed by atoms with Gasteiger partial charge in [0.15, 0.2) is 5.60 Å². The van der Waals surface area contributed by atoms with Crippen LogP contribution in [0.5, 0.6) is 0 Å². The van der Waals surface area contributed by atoms with Crippen LogP contribution in [0.15, 0.2) is 29.6 Å². The highest BCUT2D eigenvalue weighted by atomic mass is 32.2. The Kier molecular flexibility index (Phi) is 5.81. The molecule has 2 aliphatic rings. The van der Waals surface area contributed by atoms with Gasteiger partial charge in [-0.1, -0.05) is 24.6 Å². The molecule has 8 nitrogen and oxygen atoms in total. The first-order valence-electron chi connectivity index (χ1n) is 9.23. The van der Waals surface area contributed by atoms with Gasteiger partial charge in [0.2, 0.25) is 10.0 Å². The first-order valence-corrected chi connectivity index (χ1v) is 10.8. The summed E-state index contributed by atoms with van der Waals surface area (Å²) in [7, 11) is -1.59. The topological polar surface area (TPSA) is 92.2 Å². The highest BCUT2D eigenvalue weighted by Crippen LogP contribution is 2.35. The van der Waals surface area contributed by atoms with E-state index in [9.17, 15) is 13.2 Å². The van der Waals surface area contributed by atoms with E-state index in [-0.39, 0.29) is 18.2 Å². The number of sulfonamides is 1. The molecule has 0 radical (unpaired) electrons. The van der Waals surface area contributed by atoms with Gasteiger partial charge >= 0.3 is 0 Å².